The molecule has 1 rings (SSSR count). The molecule has 7 nitrogen and oxygen atoms in total. The van der Waals surface area contributed by atoms with E-state index in [1.165, 1.54) is 20.1 Å². The van der Waals surface area contributed by atoms with Gasteiger partial charge in [-0.15, -0.1) is 0 Å². The molecule has 0 aromatic heterocycles. The van der Waals surface area contributed by atoms with Gasteiger partial charge in [-0.1, -0.05) is 0 Å². The van der Waals surface area contributed by atoms with Crippen LogP contribution in [0.1, 0.15) is 6.92 Å². The lowest BCUT2D eigenvalue weighted by atomic mass is 10.3. The Kier molecular flexibility index (Phi) is 4.78. The first-order chi connectivity index (χ1) is 9.31. The van der Waals surface area contributed by atoms with Crippen LogP contribution in [0.5, 0.6) is 11.5 Å². The van der Waals surface area contributed by atoms with Gasteiger partial charge in [-0.25, -0.2) is 4.79 Å². The van der Waals surface area contributed by atoms with E-state index in [1.807, 2.05) is 0 Å². The number of alkyl halides is 2. The van der Waals surface area contributed by atoms with Crippen molar-refractivity contribution in [3.05, 3.63) is 28.3 Å². The summed E-state index contributed by atoms with van der Waals surface area (Å²) in [6, 6.07) is 2.99. The summed E-state index contributed by atoms with van der Waals surface area (Å²) >= 11 is 0. The van der Waals surface area contributed by atoms with Crippen molar-refractivity contribution >= 4 is 11.7 Å². The van der Waals surface area contributed by atoms with Crippen molar-refractivity contribution in [3.63, 3.8) is 0 Å². The standard InChI is InChI=1S/C11H11F2NO6/c1-3-19-10(15)11(12,13)20-9-5-4-7(18-2)6-8(9)14(16)17/h4-6H,3H2,1-2H3. The third kappa shape index (κ3) is 3.53. The van der Waals surface area contributed by atoms with E-state index in [4.69, 9.17) is 4.74 Å². The fourth-order valence-corrected chi connectivity index (χ4v) is 1.25. The number of hydrogen-bond donors (Lipinski definition) is 0. The predicted octanol–water partition coefficient (Wildman–Crippen LogP) is 2.14. The second kappa shape index (κ2) is 6.13. The van der Waals surface area contributed by atoms with E-state index in [1.54, 1.807) is 0 Å². The molecule has 0 atom stereocenters. The number of halogens is 2. The molecule has 0 saturated heterocycles. The highest BCUT2D eigenvalue weighted by atomic mass is 19.3. The van der Waals surface area contributed by atoms with Gasteiger partial charge in [0.1, 0.15) is 5.75 Å². The molecule has 0 aliphatic carbocycles. The highest BCUT2D eigenvalue weighted by Crippen LogP contribution is 2.34. The highest BCUT2D eigenvalue weighted by molar-refractivity contribution is 5.76. The first-order valence-corrected chi connectivity index (χ1v) is 5.38. The molecule has 110 valence electrons. The minimum atomic E-state index is -4.32. The Morgan fingerprint density at radius 2 is 2.10 bits per heavy atom. The van der Waals surface area contributed by atoms with Crippen molar-refractivity contribution in [2.45, 2.75) is 13.0 Å². The number of nitro groups is 1. The highest BCUT2D eigenvalue weighted by Gasteiger charge is 2.45. The van der Waals surface area contributed by atoms with Crippen LogP contribution in [0.25, 0.3) is 0 Å². The molecule has 0 saturated carbocycles. The Morgan fingerprint density at radius 3 is 2.60 bits per heavy atom. The van der Waals surface area contributed by atoms with Crippen molar-refractivity contribution in [2.24, 2.45) is 0 Å². The SMILES string of the molecule is CCOC(=O)C(F)(F)Oc1ccc(OC)cc1[N+](=O)[O-]. The molecular formula is C11H11F2NO6. The van der Waals surface area contributed by atoms with Crippen molar-refractivity contribution < 1.29 is 32.7 Å². The number of methoxy groups -OCH3 is 1. The molecule has 0 fully saturated rings. The van der Waals surface area contributed by atoms with E-state index < -0.39 is 28.4 Å². The second-order valence-electron chi connectivity index (χ2n) is 3.43. The van der Waals surface area contributed by atoms with Crippen LogP contribution in [0, 0.1) is 10.1 Å². The van der Waals surface area contributed by atoms with Gasteiger partial charge in [0.25, 0.3) is 0 Å². The number of rotatable bonds is 6. The lowest BCUT2D eigenvalue weighted by Crippen LogP contribution is -2.37. The molecule has 0 aliphatic rings. The average molecular weight is 291 g/mol. The van der Waals surface area contributed by atoms with Crippen LogP contribution in [-0.4, -0.2) is 30.7 Å². The number of hydrogen-bond acceptors (Lipinski definition) is 6. The number of carbonyl (C=O) groups is 1. The van der Waals surface area contributed by atoms with Gasteiger partial charge in [0.05, 0.1) is 24.7 Å². The Balaban J connectivity index is 3.08. The van der Waals surface area contributed by atoms with Crippen LogP contribution in [0.2, 0.25) is 0 Å². The zero-order chi connectivity index (χ0) is 15.3. The van der Waals surface area contributed by atoms with Crippen LogP contribution in [0.3, 0.4) is 0 Å². The van der Waals surface area contributed by atoms with Crippen molar-refractivity contribution in [3.8, 4) is 11.5 Å². The first-order valence-electron chi connectivity index (χ1n) is 5.38. The van der Waals surface area contributed by atoms with Crippen LogP contribution in [-0.2, 0) is 9.53 Å². The molecule has 0 heterocycles. The normalized spacial score (nSPS) is 10.8. The molecule has 0 amide bonds. The molecule has 20 heavy (non-hydrogen) atoms. The van der Waals surface area contributed by atoms with Gasteiger partial charge in [0.15, 0.2) is 0 Å². The van der Waals surface area contributed by atoms with Gasteiger partial charge in [0.2, 0.25) is 5.75 Å². The Morgan fingerprint density at radius 1 is 1.45 bits per heavy atom. The Labute approximate surface area is 112 Å². The summed E-state index contributed by atoms with van der Waals surface area (Å²) in [6.45, 7) is 1.06. The summed E-state index contributed by atoms with van der Waals surface area (Å²) in [5.74, 6) is -2.61. The Hall–Kier alpha value is -2.45. The van der Waals surface area contributed by atoms with Gasteiger partial charge in [-0.05, 0) is 19.1 Å². The van der Waals surface area contributed by atoms with E-state index >= 15 is 0 Å². The van der Waals surface area contributed by atoms with Crippen LogP contribution in [0.4, 0.5) is 14.5 Å². The van der Waals surface area contributed by atoms with Gasteiger partial charge < -0.3 is 14.2 Å². The smallest absolute Gasteiger partial charge is 0.496 e. The lowest BCUT2D eigenvalue weighted by Gasteiger charge is -2.16. The minimum Gasteiger partial charge on any atom is -0.496 e. The fourth-order valence-electron chi connectivity index (χ4n) is 1.25. The van der Waals surface area contributed by atoms with Crippen molar-refractivity contribution in [1.82, 2.24) is 0 Å². The van der Waals surface area contributed by atoms with Gasteiger partial charge in [-0.2, -0.15) is 8.78 Å². The van der Waals surface area contributed by atoms with E-state index in [9.17, 15) is 23.7 Å². The topological polar surface area (TPSA) is 87.9 Å². The number of ether oxygens (including phenoxy) is 3. The number of nitro benzene ring substituents is 1. The molecule has 1 aromatic rings. The van der Waals surface area contributed by atoms with Crippen LogP contribution in [0.15, 0.2) is 18.2 Å². The maximum absolute atomic E-state index is 13.4. The third-order valence-electron chi connectivity index (χ3n) is 2.11. The zero-order valence-electron chi connectivity index (χ0n) is 10.6. The number of nitrogens with zero attached hydrogens (tertiary/aromatic N) is 1. The average Bonchev–Trinajstić information content (AvgIpc) is 2.38. The largest absolute Gasteiger partial charge is 0.502 e. The quantitative estimate of drug-likeness (QED) is 0.453. The molecule has 0 radical (unpaired) electrons. The summed E-state index contributed by atoms with van der Waals surface area (Å²) in [6.07, 6.45) is -4.32. The summed E-state index contributed by atoms with van der Waals surface area (Å²) in [5, 5.41) is 10.8. The molecule has 0 aliphatic heterocycles. The Bertz CT molecular complexity index is 520. The number of esters is 1. The predicted molar refractivity (Wildman–Crippen MR) is 61.9 cm³/mol. The molecule has 1 aromatic carbocycles. The summed E-state index contributed by atoms with van der Waals surface area (Å²) in [4.78, 5) is 20.8. The lowest BCUT2D eigenvalue weighted by molar-refractivity contribution is -0.387. The van der Waals surface area contributed by atoms with Crippen LogP contribution < -0.4 is 9.47 Å². The van der Waals surface area contributed by atoms with Gasteiger partial charge in [-0.3, -0.25) is 10.1 Å². The maximum atomic E-state index is 13.4. The molecule has 9 heteroatoms. The van der Waals surface area contributed by atoms with E-state index in [0.717, 1.165) is 12.1 Å². The van der Waals surface area contributed by atoms with Crippen LogP contribution >= 0.6 is 0 Å². The molecule has 0 N–H and O–H groups in total. The van der Waals surface area contributed by atoms with Crippen molar-refractivity contribution in [1.29, 1.82) is 0 Å². The number of carbonyl (C=O) groups excluding carboxylic acids is 1. The first kappa shape index (κ1) is 15.6. The molecular weight excluding hydrogens is 280 g/mol. The summed E-state index contributed by atoms with van der Waals surface area (Å²) in [5.41, 5.74) is -0.756. The molecule has 0 spiro atoms. The summed E-state index contributed by atoms with van der Waals surface area (Å²) in [7, 11) is 1.26. The van der Waals surface area contributed by atoms with E-state index in [0.29, 0.717) is 0 Å². The maximum Gasteiger partial charge on any atom is 0.502 e. The fraction of sp³-hybridized carbons (Fsp3) is 0.364. The molecule has 0 unspecified atom stereocenters. The second-order valence-corrected chi connectivity index (χ2v) is 3.43. The van der Waals surface area contributed by atoms with E-state index in [2.05, 4.69) is 9.47 Å². The number of benzene rings is 1. The van der Waals surface area contributed by atoms with E-state index in [-0.39, 0.29) is 12.4 Å². The van der Waals surface area contributed by atoms with Gasteiger partial charge >= 0.3 is 17.8 Å². The zero-order valence-corrected chi connectivity index (χ0v) is 10.6. The molecule has 0 bridgehead atoms. The minimum absolute atomic E-state index is 0.0866. The monoisotopic (exact) mass is 291 g/mol. The van der Waals surface area contributed by atoms with Crippen molar-refractivity contribution in [2.75, 3.05) is 13.7 Å². The summed E-state index contributed by atoms with van der Waals surface area (Å²) < 4.78 is 39.7. The third-order valence-corrected chi connectivity index (χ3v) is 2.11. The van der Waals surface area contributed by atoms with Gasteiger partial charge in [0, 0.05) is 0 Å².